The largest absolute Gasteiger partial charge is 0.478 e. The Balaban J connectivity index is 1.58. The zero-order valence-electron chi connectivity index (χ0n) is 14.0. The number of rotatable bonds is 3. The lowest BCUT2D eigenvalue weighted by Gasteiger charge is -2.35. The van der Waals surface area contributed by atoms with Crippen molar-refractivity contribution in [1.29, 1.82) is 0 Å². The SMILES string of the molecule is O=C(O)c1cccc(C(=O)N2CCC(C(=O)N3CCOCC3)CC2)c1. The summed E-state index contributed by atoms with van der Waals surface area (Å²) in [7, 11) is 0. The minimum absolute atomic E-state index is 0.0486. The molecule has 1 N–H and O–H groups in total. The van der Waals surface area contributed by atoms with Gasteiger partial charge in [0.2, 0.25) is 5.91 Å². The number of nitrogens with zero attached hydrogens (tertiary/aromatic N) is 2. The number of carbonyl (C=O) groups is 3. The van der Waals surface area contributed by atoms with Crippen LogP contribution in [0.15, 0.2) is 24.3 Å². The molecule has 0 unspecified atom stereocenters. The van der Waals surface area contributed by atoms with E-state index in [1.165, 1.54) is 12.1 Å². The number of amides is 2. The first kappa shape index (κ1) is 17.4. The second-order valence-electron chi connectivity index (χ2n) is 6.39. The number of likely N-dealkylation sites (tertiary alicyclic amines) is 1. The van der Waals surface area contributed by atoms with E-state index in [-0.39, 0.29) is 23.3 Å². The molecule has 0 aromatic heterocycles. The molecule has 1 aromatic carbocycles. The molecule has 2 heterocycles. The van der Waals surface area contributed by atoms with E-state index in [9.17, 15) is 14.4 Å². The van der Waals surface area contributed by atoms with Crippen LogP contribution in [-0.2, 0) is 9.53 Å². The number of aromatic carboxylic acids is 1. The van der Waals surface area contributed by atoms with Gasteiger partial charge in [0.05, 0.1) is 18.8 Å². The molecule has 0 bridgehead atoms. The zero-order chi connectivity index (χ0) is 17.8. The van der Waals surface area contributed by atoms with Crippen LogP contribution in [0.4, 0.5) is 0 Å². The highest BCUT2D eigenvalue weighted by Crippen LogP contribution is 2.22. The van der Waals surface area contributed by atoms with Gasteiger partial charge in [0, 0.05) is 37.7 Å². The van der Waals surface area contributed by atoms with Crippen molar-refractivity contribution in [2.75, 3.05) is 39.4 Å². The summed E-state index contributed by atoms with van der Waals surface area (Å²) in [5.41, 5.74) is 0.473. The van der Waals surface area contributed by atoms with Crippen molar-refractivity contribution in [1.82, 2.24) is 9.80 Å². The molecular formula is C18H22N2O5. The summed E-state index contributed by atoms with van der Waals surface area (Å²) in [5.74, 6) is -1.12. The summed E-state index contributed by atoms with van der Waals surface area (Å²) in [6.45, 7) is 3.47. The van der Waals surface area contributed by atoms with Crippen LogP contribution < -0.4 is 0 Å². The quantitative estimate of drug-likeness (QED) is 0.885. The van der Waals surface area contributed by atoms with Gasteiger partial charge in [-0.15, -0.1) is 0 Å². The van der Waals surface area contributed by atoms with E-state index in [0.717, 1.165) is 0 Å². The molecule has 0 aliphatic carbocycles. The highest BCUT2D eigenvalue weighted by atomic mass is 16.5. The van der Waals surface area contributed by atoms with Gasteiger partial charge in [-0.05, 0) is 31.0 Å². The van der Waals surface area contributed by atoms with E-state index >= 15 is 0 Å². The molecule has 2 fully saturated rings. The maximum Gasteiger partial charge on any atom is 0.335 e. The number of hydrogen-bond acceptors (Lipinski definition) is 4. The van der Waals surface area contributed by atoms with Crippen molar-refractivity contribution in [3.63, 3.8) is 0 Å². The molecule has 7 nitrogen and oxygen atoms in total. The number of ether oxygens (including phenoxy) is 1. The van der Waals surface area contributed by atoms with E-state index in [0.29, 0.717) is 57.8 Å². The van der Waals surface area contributed by atoms with Gasteiger partial charge in [-0.3, -0.25) is 9.59 Å². The van der Waals surface area contributed by atoms with Gasteiger partial charge in [0.1, 0.15) is 0 Å². The third kappa shape index (κ3) is 3.99. The zero-order valence-corrected chi connectivity index (χ0v) is 14.0. The Morgan fingerprint density at radius 1 is 0.960 bits per heavy atom. The van der Waals surface area contributed by atoms with Gasteiger partial charge in [0.15, 0.2) is 0 Å². The van der Waals surface area contributed by atoms with Crippen LogP contribution in [0.2, 0.25) is 0 Å². The second kappa shape index (κ2) is 7.65. The topological polar surface area (TPSA) is 87.2 Å². The molecule has 0 saturated carbocycles. The molecule has 2 amide bonds. The van der Waals surface area contributed by atoms with Crippen molar-refractivity contribution in [3.05, 3.63) is 35.4 Å². The van der Waals surface area contributed by atoms with Crippen molar-refractivity contribution in [3.8, 4) is 0 Å². The van der Waals surface area contributed by atoms with Crippen LogP contribution in [0.5, 0.6) is 0 Å². The number of carboxylic acid groups (broad SMARTS) is 1. The predicted molar refractivity (Wildman–Crippen MR) is 89.4 cm³/mol. The van der Waals surface area contributed by atoms with E-state index in [2.05, 4.69) is 0 Å². The Morgan fingerprint density at radius 3 is 2.24 bits per heavy atom. The average Bonchev–Trinajstić information content (AvgIpc) is 2.67. The first-order chi connectivity index (χ1) is 12.1. The number of benzene rings is 1. The highest BCUT2D eigenvalue weighted by Gasteiger charge is 2.31. The summed E-state index contributed by atoms with van der Waals surface area (Å²) >= 11 is 0. The van der Waals surface area contributed by atoms with Crippen LogP contribution in [0.25, 0.3) is 0 Å². The average molecular weight is 346 g/mol. The van der Waals surface area contributed by atoms with Crippen LogP contribution in [0.1, 0.15) is 33.6 Å². The lowest BCUT2D eigenvalue weighted by molar-refractivity contribution is -0.141. The molecule has 1 aromatic rings. The van der Waals surface area contributed by atoms with Crippen LogP contribution in [-0.4, -0.2) is 72.1 Å². The number of carbonyl (C=O) groups excluding carboxylic acids is 2. The number of piperidine rings is 1. The number of hydrogen-bond donors (Lipinski definition) is 1. The molecule has 0 radical (unpaired) electrons. The molecule has 134 valence electrons. The van der Waals surface area contributed by atoms with Crippen molar-refractivity contribution >= 4 is 17.8 Å². The maximum absolute atomic E-state index is 12.6. The predicted octanol–water partition coefficient (Wildman–Crippen LogP) is 1.10. The first-order valence-electron chi connectivity index (χ1n) is 8.55. The van der Waals surface area contributed by atoms with Gasteiger partial charge >= 0.3 is 5.97 Å². The van der Waals surface area contributed by atoms with Crippen molar-refractivity contribution in [2.24, 2.45) is 5.92 Å². The van der Waals surface area contributed by atoms with E-state index in [1.54, 1.807) is 17.0 Å². The van der Waals surface area contributed by atoms with Crippen molar-refractivity contribution < 1.29 is 24.2 Å². The lowest BCUT2D eigenvalue weighted by Crippen LogP contribution is -2.47. The fraction of sp³-hybridized carbons (Fsp3) is 0.500. The Hall–Kier alpha value is -2.41. The normalized spacial score (nSPS) is 18.9. The smallest absolute Gasteiger partial charge is 0.335 e. The van der Waals surface area contributed by atoms with E-state index < -0.39 is 5.97 Å². The number of morpholine rings is 1. The Labute approximate surface area is 146 Å². The van der Waals surface area contributed by atoms with Gasteiger partial charge in [0.25, 0.3) is 5.91 Å². The highest BCUT2D eigenvalue weighted by molar-refractivity contribution is 5.97. The van der Waals surface area contributed by atoms with Gasteiger partial charge in [-0.2, -0.15) is 0 Å². The Bertz CT molecular complexity index is 661. The van der Waals surface area contributed by atoms with E-state index in [1.807, 2.05) is 4.90 Å². The summed E-state index contributed by atoms with van der Waals surface area (Å²) in [6, 6.07) is 6.06. The summed E-state index contributed by atoms with van der Waals surface area (Å²) in [6.07, 6.45) is 1.28. The number of carboxylic acids is 1. The molecule has 0 spiro atoms. The molecule has 2 aliphatic heterocycles. The fourth-order valence-corrected chi connectivity index (χ4v) is 3.34. The molecule has 2 aliphatic rings. The third-order valence-corrected chi connectivity index (χ3v) is 4.81. The molecule has 0 atom stereocenters. The minimum atomic E-state index is -1.05. The standard InChI is InChI=1S/C18H22N2O5/c21-16(20-8-10-25-11-9-20)13-4-6-19(7-5-13)17(22)14-2-1-3-15(12-14)18(23)24/h1-3,12-13H,4-11H2,(H,23,24). The Morgan fingerprint density at radius 2 is 1.60 bits per heavy atom. The van der Waals surface area contributed by atoms with Crippen LogP contribution >= 0.6 is 0 Å². The fourth-order valence-electron chi connectivity index (χ4n) is 3.34. The van der Waals surface area contributed by atoms with Gasteiger partial charge in [-0.25, -0.2) is 4.79 Å². The maximum atomic E-state index is 12.6. The van der Waals surface area contributed by atoms with Gasteiger partial charge in [-0.1, -0.05) is 6.07 Å². The summed E-state index contributed by atoms with van der Waals surface area (Å²) < 4.78 is 5.27. The lowest BCUT2D eigenvalue weighted by atomic mass is 9.94. The second-order valence-corrected chi connectivity index (χ2v) is 6.39. The summed E-state index contributed by atoms with van der Waals surface area (Å²) in [5, 5.41) is 9.05. The molecular weight excluding hydrogens is 324 g/mol. The van der Waals surface area contributed by atoms with Crippen LogP contribution in [0.3, 0.4) is 0 Å². The van der Waals surface area contributed by atoms with Crippen LogP contribution in [0, 0.1) is 5.92 Å². The Kier molecular flexibility index (Phi) is 5.33. The monoisotopic (exact) mass is 346 g/mol. The van der Waals surface area contributed by atoms with E-state index in [4.69, 9.17) is 9.84 Å². The minimum Gasteiger partial charge on any atom is -0.478 e. The molecule has 2 saturated heterocycles. The molecule has 25 heavy (non-hydrogen) atoms. The molecule has 3 rings (SSSR count). The van der Waals surface area contributed by atoms with Gasteiger partial charge < -0.3 is 19.6 Å². The third-order valence-electron chi connectivity index (χ3n) is 4.81. The first-order valence-corrected chi connectivity index (χ1v) is 8.55. The summed E-state index contributed by atoms with van der Waals surface area (Å²) in [4.78, 5) is 39.7. The van der Waals surface area contributed by atoms with Crippen molar-refractivity contribution in [2.45, 2.75) is 12.8 Å². The molecule has 7 heteroatoms.